The van der Waals surface area contributed by atoms with Crippen LogP contribution in [0.4, 0.5) is 5.95 Å². The minimum absolute atomic E-state index is 0.370. The summed E-state index contributed by atoms with van der Waals surface area (Å²) >= 11 is 0. The number of rotatable bonds is 7. The van der Waals surface area contributed by atoms with Gasteiger partial charge in [0.25, 0.3) is 0 Å². The van der Waals surface area contributed by atoms with Gasteiger partial charge in [-0.1, -0.05) is 13.3 Å². The van der Waals surface area contributed by atoms with E-state index in [1.165, 1.54) is 89.7 Å². The fourth-order valence-corrected chi connectivity index (χ4v) is 7.96. The molecule has 0 aromatic carbocycles. The first-order valence-corrected chi connectivity index (χ1v) is 14.1. The molecule has 2 bridgehead atoms. The van der Waals surface area contributed by atoms with E-state index in [-0.39, 0.29) is 0 Å². The lowest BCUT2D eigenvalue weighted by molar-refractivity contribution is -0.139. The average molecular weight is 466 g/mol. The van der Waals surface area contributed by atoms with Crippen LogP contribution in [0.3, 0.4) is 0 Å². The third-order valence-corrected chi connectivity index (χ3v) is 10.1. The van der Waals surface area contributed by atoms with Crippen LogP contribution >= 0.6 is 0 Å². The molecule has 3 aliphatic heterocycles. The molecule has 1 spiro atoms. The van der Waals surface area contributed by atoms with E-state index in [1.807, 2.05) is 0 Å². The first-order valence-electron chi connectivity index (χ1n) is 14.1. The second-order valence-corrected chi connectivity index (χ2v) is 12.3. The number of carbonyl (C=O) groups is 1. The highest BCUT2D eigenvalue weighted by Crippen LogP contribution is 2.60. The average Bonchev–Trinajstić information content (AvgIpc) is 3.06. The van der Waals surface area contributed by atoms with Crippen molar-refractivity contribution in [2.75, 3.05) is 37.6 Å². The zero-order chi connectivity index (χ0) is 23.3. The quantitative estimate of drug-likeness (QED) is 0.600. The van der Waals surface area contributed by atoms with Crippen LogP contribution in [0.1, 0.15) is 89.5 Å². The van der Waals surface area contributed by atoms with Gasteiger partial charge in [-0.05, 0) is 101 Å². The predicted molar refractivity (Wildman–Crippen MR) is 135 cm³/mol. The second-order valence-electron chi connectivity index (χ2n) is 12.3. The van der Waals surface area contributed by atoms with E-state index < -0.39 is 0 Å². The van der Waals surface area contributed by atoms with Gasteiger partial charge in [-0.3, -0.25) is 9.69 Å². The summed E-state index contributed by atoms with van der Waals surface area (Å²) in [4.78, 5) is 29.3. The minimum atomic E-state index is 0.370. The molecule has 3 saturated heterocycles. The van der Waals surface area contributed by atoms with Crippen molar-refractivity contribution in [2.24, 2.45) is 11.3 Å². The Bertz CT molecular complexity index is 851. The summed E-state index contributed by atoms with van der Waals surface area (Å²) in [6.07, 6.45) is 16.9. The number of aromatic nitrogens is 2. The molecule has 1 aromatic rings. The predicted octanol–water partition coefficient (Wildman–Crippen LogP) is 4.26. The van der Waals surface area contributed by atoms with Crippen LogP contribution in [0, 0.1) is 11.3 Å². The van der Waals surface area contributed by atoms with Crippen LogP contribution in [0.25, 0.3) is 0 Å². The third-order valence-electron chi connectivity index (χ3n) is 10.1. The number of carbonyl (C=O) groups excluding carboxylic acids is 1. The first kappa shape index (κ1) is 22.9. The standard InChI is InChI=1S/C28H43N5O/c1-3-4-9-31-18-24-5-6-25(19-31)33(24)27-29-16-23(17-30-27)21-7-10-32(11-8-21)26-14-28(15-26)12-22(13-28)20(2)34/h16-17,21-22,24-26H,3-15,18-19H2,1-2H3. The second kappa shape index (κ2) is 9.16. The Kier molecular flexibility index (Phi) is 6.17. The maximum absolute atomic E-state index is 11.6. The van der Waals surface area contributed by atoms with Crippen LogP contribution in [0.5, 0.6) is 0 Å². The summed E-state index contributed by atoms with van der Waals surface area (Å²) in [6.45, 7) is 10.1. The fourth-order valence-electron chi connectivity index (χ4n) is 7.96. The monoisotopic (exact) mass is 465 g/mol. The van der Waals surface area contributed by atoms with Gasteiger partial charge in [0, 0.05) is 49.5 Å². The molecule has 34 heavy (non-hydrogen) atoms. The molecule has 186 valence electrons. The molecule has 2 unspecified atom stereocenters. The Hall–Kier alpha value is -1.53. The highest BCUT2D eigenvalue weighted by molar-refractivity contribution is 5.79. The molecule has 1 aromatic heterocycles. The normalized spacial score (nSPS) is 36.5. The molecule has 6 nitrogen and oxygen atoms in total. The topological polar surface area (TPSA) is 52.6 Å². The lowest BCUT2D eigenvalue weighted by Gasteiger charge is -2.60. The van der Waals surface area contributed by atoms with E-state index in [4.69, 9.17) is 9.97 Å². The van der Waals surface area contributed by atoms with Crippen molar-refractivity contribution in [3.63, 3.8) is 0 Å². The fraction of sp³-hybridized carbons (Fsp3) is 0.821. The Labute approximate surface area is 205 Å². The highest BCUT2D eigenvalue weighted by Gasteiger charge is 2.55. The van der Waals surface area contributed by atoms with Crippen molar-refractivity contribution in [3.05, 3.63) is 18.0 Å². The summed E-state index contributed by atoms with van der Waals surface area (Å²) < 4.78 is 0. The van der Waals surface area contributed by atoms with Gasteiger partial charge >= 0.3 is 0 Å². The Morgan fingerprint density at radius 1 is 0.971 bits per heavy atom. The van der Waals surface area contributed by atoms with Gasteiger partial charge in [-0.15, -0.1) is 0 Å². The number of piperazine rings is 1. The van der Waals surface area contributed by atoms with Gasteiger partial charge in [0.2, 0.25) is 5.95 Å². The molecule has 0 radical (unpaired) electrons. The van der Waals surface area contributed by atoms with E-state index in [9.17, 15) is 4.79 Å². The zero-order valence-corrected chi connectivity index (χ0v) is 21.3. The van der Waals surface area contributed by atoms with Crippen molar-refractivity contribution in [1.82, 2.24) is 19.8 Å². The lowest BCUT2D eigenvalue weighted by Crippen LogP contribution is -2.58. The number of hydrogen-bond acceptors (Lipinski definition) is 6. The van der Waals surface area contributed by atoms with Gasteiger partial charge in [0.15, 0.2) is 0 Å². The molecule has 2 saturated carbocycles. The van der Waals surface area contributed by atoms with E-state index in [0.717, 1.165) is 24.8 Å². The molecule has 5 aliphatic rings. The van der Waals surface area contributed by atoms with Crippen LogP contribution in [-0.2, 0) is 4.79 Å². The van der Waals surface area contributed by atoms with E-state index in [0.29, 0.717) is 35.1 Å². The molecule has 6 rings (SSSR count). The molecule has 0 N–H and O–H groups in total. The van der Waals surface area contributed by atoms with Gasteiger partial charge in [0.05, 0.1) is 0 Å². The van der Waals surface area contributed by atoms with Crippen LogP contribution < -0.4 is 4.90 Å². The molecular weight excluding hydrogens is 422 g/mol. The molecule has 5 fully saturated rings. The third kappa shape index (κ3) is 4.19. The number of Topliss-reactive ketones (excluding diaryl/α,β-unsaturated/α-hetero) is 1. The first-order chi connectivity index (χ1) is 16.5. The minimum Gasteiger partial charge on any atom is -0.332 e. The van der Waals surface area contributed by atoms with E-state index >= 15 is 0 Å². The van der Waals surface area contributed by atoms with Crippen molar-refractivity contribution in [3.8, 4) is 0 Å². The smallest absolute Gasteiger partial charge is 0.225 e. The summed E-state index contributed by atoms with van der Waals surface area (Å²) in [7, 11) is 0. The van der Waals surface area contributed by atoms with Gasteiger partial charge in [-0.2, -0.15) is 0 Å². The van der Waals surface area contributed by atoms with Crippen LogP contribution in [0.2, 0.25) is 0 Å². The van der Waals surface area contributed by atoms with E-state index in [2.05, 4.69) is 34.0 Å². The number of hydrogen-bond donors (Lipinski definition) is 0. The van der Waals surface area contributed by atoms with Gasteiger partial charge < -0.3 is 9.80 Å². The summed E-state index contributed by atoms with van der Waals surface area (Å²) in [5.74, 6) is 2.35. The number of piperidine rings is 1. The van der Waals surface area contributed by atoms with Gasteiger partial charge in [-0.25, -0.2) is 9.97 Å². The molecule has 0 amide bonds. The number of ketones is 1. The van der Waals surface area contributed by atoms with Crippen LogP contribution in [0.15, 0.2) is 12.4 Å². The molecule has 2 aliphatic carbocycles. The maximum atomic E-state index is 11.6. The molecule has 2 atom stereocenters. The summed E-state index contributed by atoms with van der Waals surface area (Å²) in [6, 6.07) is 1.95. The van der Waals surface area contributed by atoms with Crippen molar-refractivity contribution >= 4 is 11.7 Å². The molecular formula is C28H43N5O. The SMILES string of the molecule is CCCCN1CC2CCC(C1)N2c1ncc(C2CCN(C3CC4(CC(C(C)=O)C4)C3)CC2)cn1. The summed E-state index contributed by atoms with van der Waals surface area (Å²) in [5, 5.41) is 0. The number of unbranched alkanes of at least 4 members (excludes halogenated alkanes) is 1. The van der Waals surface area contributed by atoms with Crippen LogP contribution in [-0.4, -0.2) is 76.4 Å². The Balaban J connectivity index is 0.991. The van der Waals surface area contributed by atoms with Crippen molar-refractivity contribution in [1.29, 1.82) is 0 Å². The van der Waals surface area contributed by atoms with Crippen molar-refractivity contribution < 1.29 is 4.79 Å². The maximum Gasteiger partial charge on any atom is 0.225 e. The van der Waals surface area contributed by atoms with Crippen molar-refractivity contribution in [2.45, 2.75) is 102 Å². The summed E-state index contributed by atoms with van der Waals surface area (Å²) in [5.41, 5.74) is 1.87. The number of anilines is 1. The molecule has 4 heterocycles. The van der Waals surface area contributed by atoms with Gasteiger partial charge in [0.1, 0.15) is 5.78 Å². The highest BCUT2D eigenvalue weighted by atomic mass is 16.1. The van der Waals surface area contributed by atoms with E-state index in [1.54, 1.807) is 6.92 Å². The number of fused-ring (bicyclic) bond motifs is 2. The number of nitrogens with zero attached hydrogens (tertiary/aromatic N) is 5. The largest absolute Gasteiger partial charge is 0.332 e. The zero-order valence-electron chi connectivity index (χ0n) is 21.3. The Morgan fingerprint density at radius 3 is 2.21 bits per heavy atom. The Morgan fingerprint density at radius 2 is 1.62 bits per heavy atom. The molecule has 6 heteroatoms. The lowest BCUT2D eigenvalue weighted by atomic mass is 9.49. The number of likely N-dealkylation sites (tertiary alicyclic amines) is 2.